The zero-order valence-corrected chi connectivity index (χ0v) is 18.5. The van der Waals surface area contributed by atoms with Gasteiger partial charge in [0, 0.05) is 42.5 Å². The van der Waals surface area contributed by atoms with Crippen molar-refractivity contribution in [1.82, 2.24) is 5.32 Å². The van der Waals surface area contributed by atoms with Crippen LogP contribution in [0, 0.1) is 0 Å². The van der Waals surface area contributed by atoms with Gasteiger partial charge in [-0.05, 0) is 55.7 Å². The Morgan fingerprint density at radius 2 is 1.79 bits per heavy atom. The minimum atomic E-state index is -4.38. The Kier molecular flexibility index (Phi) is 8.32. The highest BCUT2D eigenvalue weighted by molar-refractivity contribution is 5.95. The number of anilines is 2. The largest absolute Gasteiger partial charge is 0.411 e. The van der Waals surface area contributed by atoms with Crippen molar-refractivity contribution >= 4 is 23.2 Å². The first kappa shape index (κ1) is 24.6. The van der Waals surface area contributed by atoms with Crippen LogP contribution in [0.4, 0.5) is 24.5 Å². The maximum atomic E-state index is 12.4. The number of hydrogen-bond donors (Lipinski definition) is 2. The number of carbonyl (C=O) groups excluding carboxylic acids is 2. The van der Waals surface area contributed by atoms with Gasteiger partial charge in [0.2, 0.25) is 5.91 Å². The fourth-order valence-electron chi connectivity index (χ4n) is 3.64. The van der Waals surface area contributed by atoms with Crippen LogP contribution in [0.25, 0.3) is 0 Å². The molecule has 2 aromatic rings. The molecular formula is C24H28F3N3O3. The Balaban J connectivity index is 1.45. The summed E-state index contributed by atoms with van der Waals surface area (Å²) < 4.78 is 41.0. The van der Waals surface area contributed by atoms with E-state index < -0.39 is 18.8 Å². The van der Waals surface area contributed by atoms with Crippen LogP contribution in [0.15, 0.2) is 48.5 Å². The number of ether oxygens (including phenoxy) is 1. The summed E-state index contributed by atoms with van der Waals surface area (Å²) in [5, 5.41) is 5.64. The van der Waals surface area contributed by atoms with Crippen molar-refractivity contribution in [2.45, 2.75) is 45.0 Å². The molecule has 1 atom stereocenters. The average Bonchev–Trinajstić information content (AvgIpc) is 3.28. The fourth-order valence-corrected chi connectivity index (χ4v) is 3.64. The van der Waals surface area contributed by atoms with Crippen LogP contribution >= 0.6 is 0 Å². The van der Waals surface area contributed by atoms with Crippen LogP contribution in [0.1, 0.15) is 42.1 Å². The first-order chi connectivity index (χ1) is 15.7. The van der Waals surface area contributed by atoms with E-state index in [4.69, 9.17) is 0 Å². The van der Waals surface area contributed by atoms with Gasteiger partial charge in [-0.1, -0.05) is 18.2 Å². The zero-order chi connectivity index (χ0) is 23.8. The number of carbonyl (C=O) groups is 2. The number of benzene rings is 2. The van der Waals surface area contributed by atoms with E-state index >= 15 is 0 Å². The van der Waals surface area contributed by atoms with E-state index in [1.807, 2.05) is 24.3 Å². The van der Waals surface area contributed by atoms with Gasteiger partial charge in [-0.15, -0.1) is 0 Å². The third-order valence-corrected chi connectivity index (χ3v) is 5.22. The molecule has 2 aromatic carbocycles. The van der Waals surface area contributed by atoms with Gasteiger partial charge in [-0.2, -0.15) is 13.2 Å². The molecule has 9 heteroatoms. The van der Waals surface area contributed by atoms with Gasteiger partial charge in [0.05, 0.1) is 6.61 Å². The van der Waals surface area contributed by atoms with E-state index in [1.165, 1.54) is 37.1 Å². The molecule has 1 aliphatic heterocycles. The summed E-state index contributed by atoms with van der Waals surface area (Å²) in [6.45, 7) is 2.25. The van der Waals surface area contributed by atoms with Gasteiger partial charge in [0.25, 0.3) is 5.91 Å². The molecule has 0 radical (unpaired) electrons. The van der Waals surface area contributed by atoms with E-state index in [-0.39, 0.29) is 24.8 Å². The number of amides is 2. The molecule has 0 bridgehead atoms. The molecule has 178 valence electrons. The summed E-state index contributed by atoms with van der Waals surface area (Å²) in [5.41, 5.74) is 2.67. The zero-order valence-electron chi connectivity index (χ0n) is 18.5. The lowest BCUT2D eigenvalue weighted by Gasteiger charge is -2.19. The summed E-state index contributed by atoms with van der Waals surface area (Å²) in [5.74, 6) is -0.576. The molecule has 2 N–H and O–H groups in total. The van der Waals surface area contributed by atoms with Crippen molar-refractivity contribution in [3.05, 3.63) is 59.7 Å². The Morgan fingerprint density at radius 1 is 1.09 bits per heavy atom. The maximum absolute atomic E-state index is 12.4. The lowest BCUT2D eigenvalue weighted by Crippen LogP contribution is -2.35. The average molecular weight is 464 g/mol. The highest BCUT2D eigenvalue weighted by Crippen LogP contribution is 2.23. The molecular weight excluding hydrogens is 435 g/mol. The van der Waals surface area contributed by atoms with E-state index in [0.29, 0.717) is 16.8 Å². The van der Waals surface area contributed by atoms with Crippen LogP contribution in [-0.2, 0) is 16.1 Å². The molecule has 3 rings (SSSR count). The summed E-state index contributed by atoms with van der Waals surface area (Å²) in [7, 11) is 0. The molecule has 1 fully saturated rings. The Hall–Kier alpha value is -3.07. The molecule has 0 spiro atoms. The lowest BCUT2D eigenvalue weighted by atomic mass is 10.1. The molecule has 1 aliphatic rings. The monoisotopic (exact) mass is 463 g/mol. The van der Waals surface area contributed by atoms with Crippen molar-refractivity contribution in [3.8, 4) is 0 Å². The van der Waals surface area contributed by atoms with E-state index in [2.05, 4.69) is 20.3 Å². The molecule has 0 aliphatic carbocycles. The normalized spacial score (nSPS) is 14.7. The second-order valence-corrected chi connectivity index (χ2v) is 8.18. The number of alkyl halides is 3. The standard InChI is InChI=1S/C24H28F3N3O3/c1-17(13-22(31)29-20-5-4-6-21(14-20)30-11-2-3-12-30)28-23(32)19-9-7-18(8-10-19)15-33-16-24(25,26)27/h4-10,14,17H,2-3,11-13,15-16H2,1H3,(H,28,32)(H,29,31). The fraction of sp³-hybridized carbons (Fsp3) is 0.417. The SMILES string of the molecule is CC(CC(=O)Nc1cccc(N2CCCC2)c1)NC(=O)c1ccc(COCC(F)(F)F)cc1. The molecule has 1 saturated heterocycles. The van der Waals surface area contributed by atoms with Crippen LogP contribution in [0.2, 0.25) is 0 Å². The number of halogens is 3. The molecule has 6 nitrogen and oxygen atoms in total. The molecule has 33 heavy (non-hydrogen) atoms. The van der Waals surface area contributed by atoms with Crippen LogP contribution in [-0.4, -0.2) is 43.7 Å². The van der Waals surface area contributed by atoms with Crippen molar-refractivity contribution in [2.24, 2.45) is 0 Å². The topological polar surface area (TPSA) is 70.7 Å². The molecule has 2 amide bonds. The molecule has 1 heterocycles. The third kappa shape index (κ3) is 8.09. The predicted molar refractivity (Wildman–Crippen MR) is 120 cm³/mol. The summed E-state index contributed by atoms with van der Waals surface area (Å²) in [4.78, 5) is 27.1. The van der Waals surface area contributed by atoms with Crippen LogP contribution in [0.3, 0.4) is 0 Å². The van der Waals surface area contributed by atoms with Crippen LogP contribution in [0.5, 0.6) is 0 Å². The molecule has 1 unspecified atom stereocenters. The van der Waals surface area contributed by atoms with Gasteiger partial charge in [-0.25, -0.2) is 0 Å². The highest BCUT2D eigenvalue weighted by atomic mass is 19.4. The van der Waals surface area contributed by atoms with Gasteiger partial charge in [0.1, 0.15) is 6.61 Å². The lowest BCUT2D eigenvalue weighted by molar-refractivity contribution is -0.176. The highest BCUT2D eigenvalue weighted by Gasteiger charge is 2.27. The van der Waals surface area contributed by atoms with E-state index in [9.17, 15) is 22.8 Å². The Bertz CT molecular complexity index is 942. The summed E-state index contributed by atoms with van der Waals surface area (Å²) >= 11 is 0. The van der Waals surface area contributed by atoms with Gasteiger partial charge < -0.3 is 20.3 Å². The Morgan fingerprint density at radius 3 is 2.45 bits per heavy atom. The number of nitrogens with zero attached hydrogens (tertiary/aromatic N) is 1. The number of rotatable bonds is 9. The minimum absolute atomic E-state index is 0.100. The maximum Gasteiger partial charge on any atom is 0.411 e. The number of hydrogen-bond acceptors (Lipinski definition) is 4. The van der Waals surface area contributed by atoms with E-state index in [0.717, 1.165) is 18.8 Å². The van der Waals surface area contributed by atoms with Gasteiger partial charge >= 0.3 is 6.18 Å². The number of nitrogens with one attached hydrogen (secondary N) is 2. The molecule has 0 saturated carbocycles. The van der Waals surface area contributed by atoms with E-state index in [1.54, 1.807) is 6.92 Å². The van der Waals surface area contributed by atoms with Crippen molar-refractivity contribution in [3.63, 3.8) is 0 Å². The molecule has 0 aromatic heterocycles. The summed E-state index contributed by atoms with van der Waals surface area (Å²) in [6.07, 6.45) is -1.94. The second kappa shape index (κ2) is 11.2. The smallest absolute Gasteiger partial charge is 0.371 e. The van der Waals surface area contributed by atoms with Gasteiger partial charge in [-0.3, -0.25) is 9.59 Å². The van der Waals surface area contributed by atoms with Gasteiger partial charge in [0.15, 0.2) is 0 Å². The van der Waals surface area contributed by atoms with Crippen LogP contribution < -0.4 is 15.5 Å². The first-order valence-corrected chi connectivity index (χ1v) is 10.9. The predicted octanol–water partition coefficient (Wildman–Crippen LogP) is 4.51. The summed E-state index contributed by atoms with van der Waals surface area (Å²) in [6, 6.07) is 13.4. The third-order valence-electron chi connectivity index (χ3n) is 5.22. The minimum Gasteiger partial charge on any atom is -0.371 e. The Labute approximate surface area is 191 Å². The van der Waals surface area contributed by atoms with Crippen molar-refractivity contribution < 1.29 is 27.5 Å². The first-order valence-electron chi connectivity index (χ1n) is 10.9. The quantitative estimate of drug-likeness (QED) is 0.574. The van der Waals surface area contributed by atoms with Crippen molar-refractivity contribution in [1.29, 1.82) is 0 Å². The van der Waals surface area contributed by atoms with Crippen molar-refractivity contribution in [2.75, 3.05) is 29.9 Å². The second-order valence-electron chi connectivity index (χ2n) is 8.18.